The number of nitrogens with one attached hydrogen (secondary N) is 1. The number of halogens is 1. The monoisotopic (exact) mass is 373 g/mol. The number of carbonyl (C=O) groups excluding carboxylic acids is 1. The fraction of sp³-hybridized carbons (Fsp3) is 0.316. The number of carbonyl (C=O) groups is 1. The molecule has 0 unspecified atom stereocenters. The molecule has 0 atom stereocenters. The molecule has 1 amide bonds. The number of benzene rings is 2. The summed E-state index contributed by atoms with van der Waals surface area (Å²) in [6, 6.07) is 14.1. The van der Waals surface area contributed by atoms with Crippen molar-refractivity contribution < 1.29 is 9.53 Å². The molecule has 1 aliphatic rings. The van der Waals surface area contributed by atoms with Gasteiger partial charge < -0.3 is 10.1 Å². The summed E-state index contributed by atoms with van der Waals surface area (Å²) < 4.78 is 6.72. The van der Waals surface area contributed by atoms with Gasteiger partial charge in [0.2, 0.25) is 5.91 Å². The standard InChI is InChI=1S/C19H20BrNO2/c20-17-6-1-3-14(11-17)12-19(22)21-9-10-23-18-8-7-15-4-2-5-16(15)13-18/h1,3,6-8,11,13H,2,4-5,9-10,12H2,(H,21,22). The van der Waals surface area contributed by atoms with Gasteiger partial charge in [-0.1, -0.05) is 34.1 Å². The van der Waals surface area contributed by atoms with Gasteiger partial charge in [0.1, 0.15) is 12.4 Å². The van der Waals surface area contributed by atoms with E-state index in [1.807, 2.05) is 30.3 Å². The van der Waals surface area contributed by atoms with E-state index >= 15 is 0 Å². The normalized spacial score (nSPS) is 12.7. The van der Waals surface area contributed by atoms with Crippen LogP contribution in [0.1, 0.15) is 23.1 Å². The van der Waals surface area contributed by atoms with Crippen molar-refractivity contribution in [2.45, 2.75) is 25.7 Å². The van der Waals surface area contributed by atoms with Crippen LogP contribution in [-0.4, -0.2) is 19.1 Å². The number of ether oxygens (including phenoxy) is 1. The van der Waals surface area contributed by atoms with Gasteiger partial charge in [-0.25, -0.2) is 0 Å². The van der Waals surface area contributed by atoms with Crippen LogP contribution in [-0.2, 0) is 24.1 Å². The Balaban J connectivity index is 1.40. The van der Waals surface area contributed by atoms with Crippen molar-refractivity contribution in [2.24, 2.45) is 0 Å². The maximum absolute atomic E-state index is 11.9. The second-order valence-corrected chi connectivity index (χ2v) is 6.70. The number of fused-ring (bicyclic) bond motifs is 1. The Hall–Kier alpha value is -1.81. The maximum Gasteiger partial charge on any atom is 0.224 e. The lowest BCUT2D eigenvalue weighted by Crippen LogP contribution is -2.29. The predicted octanol–water partition coefficient (Wildman–Crippen LogP) is 3.68. The summed E-state index contributed by atoms with van der Waals surface area (Å²) in [6.07, 6.45) is 3.96. The van der Waals surface area contributed by atoms with Crippen molar-refractivity contribution in [2.75, 3.05) is 13.2 Å². The van der Waals surface area contributed by atoms with Crippen molar-refractivity contribution in [1.29, 1.82) is 0 Å². The average molecular weight is 374 g/mol. The van der Waals surface area contributed by atoms with Crippen LogP contribution in [0.25, 0.3) is 0 Å². The van der Waals surface area contributed by atoms with Crippen LogP contribution < -0.4 is 10.1 Å². The molecule has 0 saturated heterocycles. The Morgan fingerprint density at radius 3 is 2.87 bits per heavy atom. The molecule has 0 fully saturated rings. The Morgan fingerprint density at radius 1 is 1.13 bits per heavy atom. The summed E-state index contributed by atoms with van der Waals surface area (Å²) in [6.45, 7) is 1.01. The van der Waals surface area contributed by atoms with Crippen molar-refractivity contribution in [3.05, 3.63) is 63.6 Å². The first-order chi connectivity index (χ1) is 11.2. The third-order valence-electron chi connectivity index (χ3n) is 4.02. The molecule has 0 saturated carbocycles. The third kappa shape index (κ3) is 4.58. The van der Waals surface area contributed by atoms with Crippen molar-refractivity contribution in [1.82, 2.24) is 5.32 Å². The van der Waals surface area contributed by atoms with E-state index in [0.29, 0.717) is 19.6 Å². The van der Waals surface area contributed by atoms with Crippen LogP contribution in [0.2, 0.25) is 0 Å². The van der Waals surface area contributed by atoms with Crippen molar-refractivity contribution >= 4 is 21.8 Å². The first kappa shape index (κ1) is 16.1. The zero-order valence-corrected chi connectivity index (χ0v) is 14.6. The van der Waals surface area contributed by atoms with Gasteiger partial charge in [-0.05, 0) is 60.2 Å². The summed E-state index contributed by atoms with van der Waals surface area (Å²) in [5.74, 6) is 0.910. The second kappa shape index (κ2) is 7.64. The SMILES string of the molecule is O=C(Cc1cccc(Br)c1)NCCOc1ccc2c(c1)CCC2. The topological polar surface area (TPSA) is 38.3 Å². The van der Waals surface area contributed by atoms with Crippen LogP contribution in [0.4, 0.5) is 0 Å². The largest absolute Gasteiger partial charge is 0.492 e. The molecule has 1 N–H and O–H groups in total. The fourth-order valence-corrected chi connectivity index (χ4v) is 3.34. The van der Waals surface area contributed by atoms with E-state index in [9.17, 15) is 4.79 Å². The zero-order chi connectivity index (χ0) is 16.1. The highest BCUT2D eigenvalue weighted by Gasteiger charge is 2.11. The molecule has 0 bridgehead atoms. The number of aryl methyl sites for hydroxylation is 2. The van der Waals surface area contributed by atoms with Crippen LogP contribution in [0.3, 0.4) is 0 Å². The molecule has 4 heteroatoms. The Kier molecular flexibility index (Phi) is 5.34. The van der Waals surface area contributed by atoms with Gasteiger partial charge in [-0.2, -0.15) is 0 Å². The summed E-state index contributed by atoms with van der Waals surface area (Å²) in [7, 11) is 0. The van der Waals surface area contributed by atoms with Crippen LogP contribution >= 0.6 is 15.9 Å². The molecule has 3 nitrogen and oxygen atoms in total. The van der Waals surface area contributed by atoms with Gasteiger partial charge in [0, 0.05) is 4.47 Å². The molecule has 23 heavy (non-hydrogen) atoms. The quantitative estimate of drug-likeness (QED) is 0.784. The van der Waals surface area contributed by atoms with Gasteiger partial charge in [0.25, 0.3) is 0 Å². The minimum absolute atomic E-state index is 0.0145. The van der Waals surface area contributed by atoms with E-state index in [1.54, 1.807) is 0 Å². The molecule has 0 radical (unpaired) electrons. The molecule has 2 aromatic carbocycles. The highest BCUT2D eigenvalue weighted by atomic mass is 79.9. The minimum atomic E-state index is 0.0145. The lowest BCUT2D eigenvalue weighted by Gasteiger charge is -2.09. The smallest absolute Gasteiger partial charge is 0.224 e. The fourth-order valence-electron chi connectivity index (χ4n) is 2.89. The van der Waals surface area contributed by atoms with Gasteiger partial charge in [-0.3, -0.25) is 4.79 Å². The van der Waals surface area contributed by atoms with Crippen LogP contribution in [0.5, 0.6) is 5.75 Å². The van der Waals surface area contributed by atoms with Crippen molar-refractivity contribution in [3.63, 3.8) is 0 Å². The molecule has 0 spiro atoms. The predicted molar refractivity (Wildman–Crippen MR) is 94.8 cm³/mol. The minimum Gasteiger partial charge on any atom is -0.492 e. The molecule has 3 rings (SSSR count). The van der Waals surface area contributed by atoms with E-state index in [0.717, 1.165) is 22.2 Å². The first-order valence-corrected chi connectivity index (χ1v) is 8.76. The highest BCUT2D eigenvalue weighted by molar-refractivity contribution is 9.10. The number of rotatable bonds is 6. The van der Waals surface area contributed by atoms with E-state index in [-0.39, 0.29) is 5.91 Å². The summed E-state index contributed by atoms with van der Waals surface area (Å²) in [4.78, 5) is 11.9. The molecule has 2 aromatic rings. The van der Waals surface area contributed by atoms with Gasteiger partial charge in [0.15, 0.2) is 0 Å². The molecule has 120 valence electrons. The van der Waals surface area contributed by atoms with Gasteiger partial charge in [0.05, 0.1) is 13.0 Å². The van der Waals surface area contributed by atoms with E-state index in [1.165, 1.54) is 24.0 Å². The molecule has 0 aromatic heterocycles. The van der Waals surface area contributed by atoms with E-state index < -0.39 is 0 Å². The lowest BCUT2D eigenvalue weighted by atomic mass is 10.1. The van der Waals surface area contributed by atoms with Gasteiger partial charge >= 0.3 is 0 Å². The Morgan fingerprint density at radius 2 is 2.00 bits per heavy atom. The maximum atomic E-state index is 11.9. The Bertz CT molecular complexity index is 700. The highest BCUT2D eigenvalue weighted by Crippen LogP contribution is 2.25. The molecular formula is C19H20BrNO2. The van der Waals surface area contributed by atoms with Gasteiger partial charge in [-0.15, -0.1) is 0 Å². The molecular weight excluding hydrogens is 354 g/mol. The second-order valence-electron chi connectivity index (χ2n) is 5.79. The zero-order valence-electron chi connectivity index (χ0n) is 13.0. The molecule has 0 aliphatic heterocycles. The number of amides is 1. The first-order valence-electron chi connectivity index (χ1n) is 7.96. The summed E-state index contributed by atoms with van der Waals surface area (Å²) >= 11 is 3.41. The average Bonchev–Trinajstić information content (AvgIpc) is 2.99. The number of hydrogen-bond acceptors (Lipinski definition) is 2. The Labute approximate surface area is 145 Å². The molecule has 1 aliphatic carbocycles. The van der Waals surface area contributed by atoms with Crippen molar-refractivity contribution in [3.8, 4) is 5.75 Å². The van der Waals surface area contributed by atoms with Crippen LogP contribution in [0, 0.1) is 0 Å². The van der Waals surface area contributed by atoms with E-state index in [2.05, 4.69) is 33.4 Å². The summed E-state index contributed by atoms with van der Waals surface area (Å²) in [5.41, 5.74) is 3.84. The van der Waals surface area contributed by atoms with E-state index in [4.69, 9.17) is 4.74 Å². The lowest BCUT2D eigenvalue weighted by molar-refractivity contribution is -0.120. The summed E-state index contributed by atoms with van der Waals surface area (Å²) in [5, 5.41) is 2.89. The molecule has 0 heterocycles. The third-order valence-corrected chi connectivity index (χ3v) is 4.51. The number of hydrogen-bond donors (Lipinski definition) is 1. The van der Waals surface area contributed by atoms with Crippen LogP contribution in [0.15, 0.2) is 46.9 Å².